The molecule has 1 rings (SSSR count). The van der Waals surface area contributed by atoms with Crippen molar-refractivity contribution in [1.29, 1.82) is 0 Å². The van der Waals surface area contributed by atoms with E-state index in [4.69, 9.17) is 0 Å². The largest absolute Gasteiger partial charge is 0.423 e. The summed E-state index contributed by atoms with van der Waals surface area (Å²) < 4.78 is 15.4. The lowest BCUT2D eigenvalue weighted by Crippen LogP contribution is -1.61. The Balaban J connectivity index is 3.05. The van der Waals surface area contributed by atoms with Crippen molar-refractivity contribution in [3.05, 3.63) is 18.6 Å². The number of rotatable bonds is 0. The van der Waals surface area contributed by atoms with Crippen LogP contribution in [0.25, 0.3) is 0 Å². The Bertz CT molecular complexity index is 114. The molecular formula is C3H2FNO. The van der Waals surface area contributed by atoms with E-state index in [1.807, 2.05) is 0 Å². The summed E-state index contributed by atoms with van der Waals surface area (Å²) in [5.74, 6) is 0. The Morgan fingerprint density at radius 2 is 2.67 bits per heavy atom. The first kappa shape index (κ1) is 3.33. The van der Waals surface area contributed by atoms with E-state index in [9.17, 15) is 4.39 Å². The van der Waals surface area contributed by atoms with Crippen molar-refractivity contribution >= 4 is 0 Å². The predicted molar refractivity (Wildman–Crippen MR) is 16.5 cm³/mol. The molecule has 1 heterocycles. The summed E-state index contributed by atoms with van der Waals surface area (Å²) in [7, 11) is 0. The van der Waals surface area contributed by atoms with Gasteiger partial charge in [0.15, 0.2) is 0 Å². The van der Waals surface area contributed by atoms with Gasteiger partial charge in [0.1, 0.15) is 6.26 Å². The van der Waals surface area contributed by atoms with E-state index in [-0.39, 0.29) is 0 Å². The van der Waals surface area contributed by atoms with Crippen molar-refractivity contribution in [2.75, 3.05) is 0 Å². The van der Waals surface area contributed by atoms with Gasteiger partial charge in [0.2, 0.25) is 0 Å². The molecule has 0 atom stereocenters. The Labute approximate surface area is 33.6 Å². The molecule has 0 aliphatic rings. The van der Waals surface area contributed by atoms with Crippen molar-refractivity contribution < 1.29 is 8.81 Å². The molecule has 0 aliphatic carbocycles. The first-order valence-corrected chi connectivity index (χ1v) is 1.44. The van der Waals surface area contributed by atoms with E-state index in [2.05, 4.69) is 9.40 Å². The zero-order chi connectivity index (χ0) is 4.41. The third-order valence-corrected chi connectivity index (χ3v) is 0.402. The van der Waals surface area contributed by atoms with Gasteiger partial charge in [-0.15, -0.1) is 4.39 Å². The van der Waals surface area contributed by atoms with E-state index in [0.717, 1.165) is 0 Å². The van der Waals surface area contributed by atoms with Crippen molar-refractivity contribution in [2.45, 2.75) is 0 Å². The van der Waals surface area contributed by atoms with Crippen LogP contribution >= 0.6 is 0 Å². The number of oxazole rings is 1. The summed E-state index contributed by atoms with van der Waals surface area (Å²) in [5, 5.41) is 0. The SMILES string of the molecule is Fc1ncco1. The molecule has 0 aromatic carbocycles. The molecule has 0 saturated heterocycles. The second-order valence-corrected chi connectivity index (χ2v) is 0.785. The maximum atomic E-state index is 11.4. The van der Waals surface area contributed by atoms with E-state index in [1.165, 1.54) is 12.5 Å². The zero-order valence-electron chi connectivity index (χ0n) is 2.89. The Morgan fingerprint density at radius 1 is 1.83 bits per heavy atom. The highest BCUT2D eigenvalue weighted by Gasteiger charge is 1.83. The van der Waals surface area contributed by atoms with Gasteiger partial charge in [0, 0.05) is 0 Å². The van der Waals surface area contributed by atoms with Crippen LogP contribution in [0.1, 0.15) is 0 Å². The number of hydrogen-bond donors (Lipinski definition) is 0. The molecule has 6 heavy (non-hydrogen) atoms. The smallest absolute Gasteiger partial charge is 0.381 e. The van der Waals surface area contributed by atoms with Gasteiger partial charge in [-0.25, -0.2) is 0 Å². The average Bonchev–Trinajstić information content (AvgIpc) is 1.86. The number of aromatic nitrogens is 1. The molecule has 0 unspecified atom stereocenters. The molecule has 0 fully saturated rings. The van der Waals surface area contributed by atoms with Crippen LogP contribution in [-0.4, -0.2) is 4.98 Å². The van der Waals surface area contributed by atoms with Gasteiger partial charge in [-0.05, 0) is 0 Å². The van der Waals surface area contributed by atoms with Crippen LogP contribution in [0.4, 0.5) is 4.39 Å². The molecule has 1 aromatic rings. The van der Waals surface area contributed by atoms with E-state index >= 15 is 0 Å². The molecule has 0 radical (unpaired) electrons. The van der Waals surface area contributed by atoms with Crippen LogP contribution in [-0.2, 0) is 0 Å². The average molecular weight is 87.1 g/mol. The molecule has 0 saturated carbocycles. The van der Waals surface area contributed by atoms with Gasteiger partial charge < -0.3 is 4.42 Å². The topological polar surface area (TPSA) is 26.0 Å². The summed E-state index contributed by atoms with van der Waals surface area (Å²) in [6.45, 7) is 0. The van der Waals surface area contributed by atoms with Gasteiger partial charge in [0.05, 0.1) is 6.20 Å². The van der Waals surface area contributed by atoms with Crippen molar-refractivity contribution in [3.63, 3.8) is 0 Å². The first-order valence-electron chi connectivity index (χ1n) is 1.44. The van der Waals surface area contributed by atoms with Crippen molar-refractivity contribution in [3.8, 4) is 0 Å². The van der Waals surface area contributed by atoms with E-state index in [1.54, 1.807) is 0 Å². The van der Waals surface area contributed by atoms with Gasteiger partial charge in [-0.1, -0.05) is 0 Å². The van der Waals surface area contributed by atoms with Gasteiger partial charge in [0.25, 0.3) is 0 Å². The quantitative estimate of drug-likeness (QED) is 0.468. The minimum absolute atomic E-state index is 0.782. The fourth-order valence-corrected chi connectivity index (χ4v) is 0.206. The lowest BCUT2D eigenvalue weighted by Gasteiger charge is -1.61. The summed E-state index contributed by atoms with van der Waals surface area (Å²) in [4.78, 5) is 3.08. The van der Waals surface area contributed by atoms with E-state index < -0.39 is 6.14 Å². The Kier molecular flexibility index (Phi) is 0.602. The third-order valence-electron chi connectivity index (χ3n) is 0.402. The highest BCUT2D eigenvalue weighted by Crippen LogP contribution is 1.86. The Hall–Kier alpha value is -0.860. The normalized spacial score (nSPS) is 8.83. The Morgan fingerprint density at radius 3 is 2.83 bits per heavy atom. The molecule has 1 aromatic heterocycles. The van der Waals surface area contributed by atoms with E-state index in [0.29, 0.717) is 0 Å². The highest BCUT2D eigenvalue weighted by molar-refractivity contribution is 4.60. The minimum Gasteiger partial charge on any atom is -0.423 e. The molecular weight excluding hydrogens is 85.0 g/mol. The van der Waals surface area contributed by atoms with Crippen LogP contribution in [0.2, 0.25) is 0 Å². The standard InChI is InChI=1S/C3H2FNO/c4-3-5-1-2-6-3/h1-2H. The van der Waals surface area contributed by atoms with Gasteiger partial charge in [-0.2, -0.15) is 4.98 Å². The monoisotopic (exact) mass is 87.0 g/mol. The van der Waals surface area contributed by atoms with Crippen LogP contribution in [0.3, 0.4) is 0 Å². The van der Waals surface area contributed by atoms with Gasteiger partial charge >= 0.3 is 6.14 Å². The fraction of sp³-hybridized carbons (Fsp3) is 0. The predicted octanol–water partition coefficient (Wildman–Crippen LogP) is 0.814. The third kappa shape index (κ3) is 0.381. The molecule has 2 nitrogen and oxygen atoms in total. The summed E-state index contributed by atoms with van der Waals surface area (Å²) >= 11 is 0. The van der Waals surface area contributed by atoms with Crippen LogP contribution in [0, 0.1) is 6.14 Å². The summed E-state index contributed by atoms with van der Waals surface area (Å²) in [6, 6.07) is 0. The molecule has 32 valence electrons. The number of halogens is 1. The second kappa shape index (κ2) is 1.08. The maximum absolute atomic E-state index is 11.4. The van der Waals surface area contributed by atoms with Crippen LogP contribution < -0.4 is 0 Å². The minimum atomic E-state index is -0.782. The number of nitrogens with zero attached hydrogens (tertiary/aromatic N) is 1. The molecule has 0 N–H and O–H groups in total. The maximum Gasteiger partial charge on any atom is 0.381 e. The molecule has 0 bridgehead atoms. The van der Waals surface area contributed by atoms with Crippen LogP contribution in [0.5, 0.6) is 0 Å². The number of hydrogen-bond acceptors (Lipinski definition) is 2. The molecule has 3 heteroatoms. The molecule has 0 spiro atoms. The molecule has 0 aliphatic heterocycles. The first-order chi connectivity index (χ1) is 2.89. The second-order valence-electron chi connectivity index (χ2n) is 0.785. The zero-order valence-corrected chi connectivity index (χ0v) is 2.89. The summed E-state index contributed by atoms with van der Waals surface area (Å²) in [6.07, 6.45) is 1.64. The fourth-order valence-electron chi connectivity index (χ4n) is 0.206. The molecule has 0 amide bonds. The highest BCUT2D eigenvalue weighted by atomic mass is 19.1. The van der Waals surface area contributed by atoms with Crippen molar-refractivity contribution in [2.24, 2.45) is 0 Å². The van der Waals surface area contributed by atoms with Crippen LogP contribution in [0.15, 0.2) is 16.9 Å². The lowest BCUT2D eigenvalue weighted by molar-refractivity contribution is 0.336. The summed E-state index contributed by atoms with van der Waals surface area (Å²) in [5.41, 5.74) is 0. The van der Waals surface area contributed by atoms with Crippen molar-refractivity contribution in [1.82, 2.24) is 4.98 Å². The van der Waals surface area contributed by atoms with Gasteiger partial charge in [-0.3, -0.25) is 0 Å². The lowest BCUT2D eigenvalue weighted by atomic mass is 11.0.